The van der Waals surface area contributed by atoms with Gasteiger partial charge in [0, 0.05) is 17.7 Å². The van der Waals surface area contributed by atoms with Crippen molar-refractivity contribution in [3.05, 3.63) is 75.6 Å². The Morgan fingerprint density at radius 3 is 2.55 bits per heavy atom. The number of hydrogen-bond acceptors (Lipinski definition) is 3. The van der Waals surface area contributed by atoms with Crippen LogP contribution < -0.4 is 5.32 Å². The summed E-state index contributed by atoms with van der Waals surface area (Å²) >= 11 is 0. The van der Waals surface area contributed by atoms with Crippen LogP contribution in [-0.4, -0.2) is 10.8 Å². The van der Waals surface area contributed by atoms with Crippen molar-refractivity contribution in [1.82, 2.24) is 0 Å². The Kier molecular flexibility index (Phi) is 4.63. The van der Waals surface area contributed by atoms with E-state index in [0.717, 1.165) is 23.8 Å². The molecule has 0 heterocycles. The minimum atomic E-state index is -0.730. The molecule has 0 saturated carbocycles. The number of carbonyl (C=O) groups is 1. The zero-order valence-electron chi connectivity index (χ0n) is 11.7. The zero-order valence-corrected chi connectivity index (χ0v) is 11.7. The van der Waals surface area contributed by atoms with E-state index in [2.05, 4.69) is 5.32 Å². The van der Waals surface area contributed by atoms with Crippen molar-refractivity contribution >= 4 is 23.4 Å². The van der Waals surface area contributed by atoms with E-state index in [1.165, 1.54) is 0 Å². The highest BCUT2D eigenvalue weighted by Crippen LogP contribution is 2.22. The molecule has 2 rings (SSSR count). The molecule has 0 atom stereocenters. The Balaban J connectivity index is 2.20. The third-order valence-electron chi connectivity index (χ3n) is 2.95. The number of nitro groups is 1. The number of amides is 1. The molecule has 0 aliphatic rings. The van der Waals surface area contributed by atoms with Crippen LogP contribution >= 0.6 is 0 Å². The van der Waals surface area contributed by atoms with E-state index >= 15 is 0 Å². The number of non-ortho nitro benzene ring substituents is 1. The van der Waals surface area contributed by atoms with Crippen molar-refractivity contribution in [2.24, 2.45) is 0 Å². The Hall–Kier alpha value is -3.02. The van der Waals surface area contributed by atoms with Crippen molar-refractivity contribution < 1.29 is 14.1 Å². The quantitative estimate of drug-likeness (QED) is 0.530. The van der Waals surface area contributed by atoms with Crippen LogP contribution in [0.2, 0.25) is 0 Å². The number of benzene rings is 2. The van der Waals surface area contributed by atoms with Gasteiger partial charge in [-0.25, -0.2) is 4.39 Å². The Bertz CT molecular complexity index is 742. The van der Waals surface area contributed by atoms with Gasteiger partial charge in [-0.15, -0.1) is 0 Å². The normalized spacial score (nSPS) is 11.1. The zero-order chi connectivity index (χ0) is 16.1. The van der Waals surface area contributed by atoms with Crippen LogP contribution in [0.3, 0.4) is 0 Å². The number of nitro benzene ring substituents is 1. The molecule has 22 heavy (non-hydrogen) atoms. The summed E-state index contributed by atoms with van der Waals surface area (Å²) in [6.45, 7) is 1.58. The summed E-state index contributed by atoms with van der Waals surface area (Å²) in [6.07, 6.45) is 1.64. The van der Waals surface area contributed by atoms with Gasteiger partial charge in [-0.1, -0.05) is 30.3 Å². The molecule has 5 nitrogen and oxygen atoms in total. The number of nitrogens with one attached hydrogen (secondary N) is 1. The average molecular weight is 300 g/mol. The van der Waals surface area contributed by atoms with Crippen LogP contribution in [0.5, 0.6) is 0 Å². The van der Waals surface area contributed by atoms with Gasteiger partial charge in [0.2, 0.25) is 0 Å². The van der Waals surface area contributed by atoms with Gasteiger partial charge in [0.1, 0.15) is 5.82 Å². The van der Waals surface area contributed by atoms with Gasteiger partial charge in [0.25, 0.3) is 11.6 Å². The van der Waals surface area contributed by atoms with Gasteiger partial charge in [-0.05, 0) is 24.6 Å². The molecule has 0 saturated heterocycles. The fourth-order valence-corrected chi connectivity index (χ4v) is 1.81. The van der Waals surface area contributed by atoms with Crippen LogP contribution in [0.4, 0.5) is 15.8 Å². The summed E-state index contributed by atoms with van der Waals surface area (Å²) in [5.74, 6) is -1.25. The molecule has 0 aromatic heterocycles. The van der Waals surface area contributed by atoms with Gasteiger partial charge in [0.05, 0.1) is 10.6 Å². The molecular formula is C16H13FN2O3. The lowest BCUT2D eigenvalue weighted by molar-refractivity contribution is -0.384. The van der Waals surface area contributed by atoms with E-state index in [4.69, 9.17) is 0 Å². The molecule has 0 radical (unpaired) electrons. The first-order chi connectivity index (χ1) is 10.5. The van der Waals surface area contributed by atoms with Crippen LogP contribution in [0.25, 0.3) is 6.08 Å². The maximum atomic E-state index is 13.6. The van der Waals surface area contributed by atoms with Crippen molar-refractivity contribution in [1.29, 1.82) is 0 Å². The molecule has 0 fully saturated rings. The molecule has 0 aliphatic heterocycles. The minimum Gasteiger partial charge on any atom is -0.320 e. The summed E-state index contributed by atoms with van der Waals surface area (Å²) in [5, 5.41) is 13.0. The highest BCUT2D eigenvalue weighted by molar-refractivity contribution is 6.06. The Labute approximate surface area is 126 Å². The maximum Gasteiger partial charge on any atom is 0.271 e. The number of hydrogen-bond donors (Lipinski definition) is 1. The van der Waals surface area contributed by atoms with Gasteiger partial charge in [0.15, 0.2) is 0 Å². The maximum absolute atomic E-state index is 13.6. The largest absolute Gasteiger partial charge is 0.320 e. The molecule has 0 unspecified atom stereocenters. The summed E-state index contributed by atoms with van der Waals surface area (Å²) in [6, 6.07) is 12.1. The molecule has 112 valence electrons. The predicted molar refractivity (Wildman–Crippen MR) is 81.8 cm³/mol. The van der Waals surface area contributed by atoms with Crippen molar-refractivity contribution in [3.63, 3.8) is 0 Å². The SMILES string of the molecule is CC(=Cc1ccccc1)C(=O)Nc1cc([N+](=O)[O-])ccc1F. The van der Waals surface area contributed by atoms with Crippen LogP contribution in [-0.2, 0) is 4.79 Å². The molecule has 1 amide bonds. The van der Waals surface area contributed by atoms with E-state index < -0.39 is 16.6 Å². The molecule has 6 heteroatoms. The summed E-state index contributed by atoms with van der Waals surface area (Å²) < 4.78 is 13.6. The van der Waals surface area contributed by atoms with Gasteiger partial charge in [-0.3, -0.25) is 14.9 Å². The first-order valence-corrected chi connectivity index (χ1v) is 6.46. The lowest BCUT2D eigenvalue weighted by atomic mass is 10.1. The van der Waals surface area contributed by atoms with Gasteiger partial charge >= 0.3 is 0 Å². The van der Waals surface area contributed by atoms with E-state index in [-0.39, 0.29) is 11.4 Å². The molecule has 2 aromatic rings. The van der Waals surface area contributed by atoms with Gasteiger partial charge in [-0.2, -0.15) is 0 Å². The number of carbonyl (C=O) groups excluding carboxylic acids is 1. The number of anilines is 1. The first-order valence-electron chi connectivity index (χ1n) is 6.46. The lowest BCUT2D eigenvalue weighted by Crippen LogP contribution is -2.13. The molecule has 1 N–H and O–H groups in total. The first kappa shape index (κ1) is 15.4. The van der Waals surface area contributed by atoms with Crippen molar-refractivity contribution in [2.45, 2.75) is 6.92 Å². The minimum absolute atomic E-state index is 0.222. The molecule has 0 bridgehead atoms. The summed E-state index contributed by atoms with van der Waals surface area (Å²) in [5.41, 5.74) is 0.674. The smallest absolute Gasteiger partial charge is 0.271 e. The molecule has 0 spiro atoms. The number of nitrogens with zero attached hydrogens (tertiary/aromatic N) is 1. The molecule has 0 aliphatic carbocycles. The second-order valence-corrected chi connectivity index (χ2v) is 4.61. The third-order valence-corrected chi connectivity index (χ3v) is 2.95. The molecule has 2 aromatic carbocycles. The predicted octanol–water partition coefficient (Wildman–Crippen LogP) is 3.78. The second-order valence-electron chi connectivity index (χ2n) is 4.61. The Morgan fingerprint density at radius 2 is 1.91 bits per heavy atom. The fraction of sp³-hybridized carbons (Fsp3) is 0.0625. The van der Waals surface area contributed by atoms with E-state index in [9.17, 15) is 19.3 Å². The summed E-state index contributed by atoms with van der Waals surface area (Å²) in [4.78, 5) is 22.1. The summed E-state index contributed by atoms with van der Waals surface area (Å²) in [7, 11) is 0. The number of rotatable bonds is 4. The second kappa shape index (κ2) is 6.62. The average Bonchev–Trinajstić information content (AvgIpc) is 2.50. The van der Waals surface area contributed by atoms with Crippen molar-refractivity contribution in [2.75, 3.05) is 5.32 Å². The highest BCUT2D eigenvalue weighted by atomic mass is 19.1. The third kappa shape index (κ3) is 3.76. The molecular weight excluding hydrogens is 287 g/mol. The Morgan fingerprint density at radius 1 is 1.23 bits per heavy atom. The van der Waals surface area contributed by atoms with E-state index in [0.29, 0.717) is 5.57 Å². The van der Waals surface area contributed by atoms with Crippen LogP contribution in [0.1, 0.15) is 12.5 Å². The monoisotopic (exact) mass is 300 g/mol. The van der Waals surface area contributed by atoms with Gasteiger partial charge < -0.3 is 5.32 Å². The number of halogens is 1. The fourth-order valence-electron chi connectivity index (χ4n) is 1.81. The lowest BCUT2D eigenvalue weighted by Gasteiger charge is -2.06. The topological polar surface area (TPSA) is 72.2 Å². The standard InChI is InChI=1S/C16H13FN2O3/c1-11(9-12-5-3-2-4-6-12)16(20)18-15-10-13(19(21)22)7-8-14(15)17/h2-10H,1H3,(H,18,20). The van der Waals surface area contributed by atoms with Crippen LogP contribution in [0.15, 0.2) is 54.1 Å². The van der Waals surface area contributed by atoms with E-state index in [1.54, 1.807) is 13.0 Å². The highest BCUT2D eigenvalue weighted by Gasteiger charge is 2.13. The van der Waals surface area contributed by atoms with Crippen LogP contribution in [0, 0.1) is 15.9 Å². The van der Waals surface area contributed by atoms with E-state index in [1.807, 2.05) is 30.3 Å². The van der Waals surface area contributed by atoms with Crippen molar-refractivity contribution in [3.8, 4) is 0 Å².